The molecule has 2 amide bonds. The van der Waals surface area contributed by atoms with Crippen molar-refractivity contribution in [1.29, 1.82) is 0 Å². The predicted octanol–water partition coefficient (Wildman–Crippen LogP) is 1.76. The highest BCUT2D eigenvalue weighted by atomic mass is 16.2. The van der Waals surface area contributed by atoms with Gasteiger partial charge in [-0.05, 0) is 18.6 Å². The molecule has 0 spiro atoms. The van der Waals surface area contributed by atoms with Crippen LogP contribution in [0.4, 0.5) is 5.69 Å². The van der Waals surface area contributed by atoms with Crippen LogP contribution in [0.3, 0.4) is 0 Å². The van der Waals surface area contributed by atoms with Crippen LogP contribution < -0.4 is 16.0 Å². The van der Waals surface area contributed by atoms with Crippen LogP contribution in [0.2, 0.25) is 0 Å². The molecular formula is C15H23N3O2. The van der Waals surface area contributed by atoms with Crippen molar-refractivity contribution in [3.05, 3.63) is 29.8 Å². The van der Waals surface area contributed by atoms with Crippen molar-refractivity contribution in [2.24, 2.45) is 0 Å². The van der Waals surface area contributed by atoms with E-state index in [1.54, 1.807) is 24.3 Å². The molecule has 0 fully saturated rings. The Morgan fingerprint density at radius 3 is 2.55 bits per heavy atom. The zero-order valence-electron chi connectivity index (χ0n) is 12.3. The first-order chi connectivity index (χ1) is 9.54. The Balaban J connectivity index is 2.70. The summed E-state index contributed by atoms with van der Waals surface area (Å²) in [6.45, 7) is 6.78. The standard InChI is InChI=1S/C15H23N3O2/c1-4-9-16-15(20)12-7-5-6-8-13(12)18-14(19)10-17-11(2)3/h5-8,11,17H,4,9-10H2,1-3H3,(H,16,20)(H,18,19). The van der Waals surface area contributed by atoms with Crippen LogP contribution in [0, 0.1) is 0 Å². The van der Waals surface area contributed by atoms with Gasteiger partial charge in [-0.2, -0.15) is 0 Å². The summed E-state index contributed by atoms with van der Waals surface area (Å²) < 4.78 is 0. The van der Waals surface area contributed by atoms with Crippen molar-refractivity contribution in [1.82, 2.24) is 10.6 Å². The van der Waals surface area contributed by atoms with Gasteiger partial charge in [-0.1, -0.05) is 32.9 Å². The highest BCUT2D eigenvalue weighted by molar-refractivity contribution is 6.04. The van der Waals surface area contributed by atoms with Crippen molar-refractivity contribution >= 4 is 17.5 Å². The smallest absolute Gasteiger partial charge is 0.253 e. The normalized spacial score (nSPS) is 10.4. The maximum absolute atomic E-state index is 12.0. The lowest BCUT2D eigenvalue weighted by Crippen LogP contribution is -2.33. The summed E-state index contributed by atoms with van der Waals surface area (Å²) in [5.41, 5.74) is 1.02. The summed E-state index contributed by atoms with van der Waals surface area (Å²) in [4.78, 5) is 23.8. The fourth-order valence-electron chi connectivity index (χ4n) is 1.62. The number of anilines is 1. The second kappa shape index (κ2) is 8.32. The first kappa shape index (κ1) is 16.2. The van der Waals surface area contributed by atoms with Crippen LogP contribution in [0.15, 0.2) is 24.3 Å². The molecule has 0 unspecified atom stereocenters. The van der Waals surface area contributed by atoms with E-state index in [-0.39, 0.29) is 24.4 Å². The summed E-state index contributed by atoms with van der Waals surface area (Å²) in [7, 11) is 0. The monoisotopic (exact) mass is 277 g/mol. The van der Waals surface area contributed by atoms with Gasteiger partial charge in [-0.15, -0.1) is 0 Å². The van der Waals surface area contributed by atoms with Crippen LogP contribution in [-0.4, -0.2) is 30.9 Å². The number of hydrogen-bond acceptors (Lipinski definition) is 3. The molecule has 3 N–H and O–H groups in total. The van der Waals surface area contributed by atoms with E-state index in [0.29, 0.717) is 17.8 Å². The van der Waals surface area contributed by atoms with Gasteiger partial charge in [0.25, 0.3) is 5.91 Å². The molecule has 20 heavy (non-hydrogen) atoms. The number of benzene rings is 1. The summed E-state index contributed by atoms with van der Waals surface area (Å²) in [6, 6.07) is 7.25. The summed E-state index contributed by atoms with van der Waals surface area (Å²) >= 11 is 0. The largest absolute Gasteiger partial charge is 0.352 e. The summed E-state index contributed by atoms with van der Waals surface area (Å²) in [5.74, 6) is -0.325. The van der Waals surface area contributed by atoms with Crippen molar-refractivity contribution in [2.75, 3.05) is 18.4 Å². The van der Waals surface area contributed by atoms with Crippen LogP contribution in [-0.2, 0) is 4.79 Å². The quantitative estimate of drug-likeness (QED) is 0.711. The molecule has 1 aromatic rings. The van der Waals surface area contributed by atoms with E-state index < -0.39 is 0 Å². The van der Waals surface area contributed by atoms with E-state index in [0.717, 1.165) is 6.42 Å². The van der Waals surface area contributed by atoms with E-state index in [4.69, 9.17) is 0 Å². The predicted molar refractivity (Wildman–Crippen MR) is 80.8 cm³/mol. The van der Waals surface area contributed by atoms with E-state index in [9.17, 15) is 9.59 Å². The number of nitrogens with one attached hydrogen (secondary N) is 3. The third-order valence-corrected chi connectivity index (χ3v) is 2.65. The van der Waals surface area contributed by atoms with Gasteiger partial charge in [0.15, 0.2) is 0 Å². The molecule has 110 valence electrons. The maximum atomic E-state index is 12.0. The lowest BCUT2D eigenvalue weighted by Gasteiger charge is -2.12. The van der Waals surface area contributed by atoms with Gasteiger partial charge in [0.1, 0.15) is 0 Å². The van der Waals surface area contributed by atoms with Crippen molar-refractivity contribution in [2.45, 2.75) is 33.2 Å². The second-order valence-corrected chi connectivity index (χ2v) is 4.89. The van der Waals surface area contributed by atoms with Crippen molar-refractivity contribution < 1.29 is 9.59 Å². The average molecular weight is 277 g/mol. The van der Waals surface area contributed by atoms with E-state index in [2.05, 4.69) is 16.0 Å². The van der Waals surface area contributed by atoms with Gasteiger partial charge in [0, 0.05) is 12.6 Å². The van der Waals surface area contributed by atoms with Crippen molar-refractivity contribution in [3.8, 4) is 0 Å². The van der Waals surface area contributed by atoms with E-state index >= 15 is 0 Å². The van der Waals surface area contributed by atoms with Gasteiger partial charge in [-0.25, -0.2) is 0 Å². The number of amides is 2. The molecular weight excluding hydrogens is 254 g/mol. The number of hydrogen-bond donors (Lipinski definition) is 3. The molecule has 5 nitrogen and oxygen atoms in total. The molecule has 0 heterocycles. The minimum atomic E-state index is -0.167. The number of rotatable bonds is 7. The van der Waals surface area contributed by atoms with Gasteiger partial charge < -0.3 is 16.0 Å². The van der Waals surface area contributed by atoms with Crippen LogP contribution in [0.25, 0.3) is 0 Å². The molecule has 5 heteroatoms. The molecule has 0 radical (unpaired) electrons. The van der Waals surface area contributed by atoms with E-state index in [1.165, 1.54) is 0 Å². The van der Waals surface area contributed by atoms with Crippen LogP contribution in [0.5, 0.6) is 0 Å². The maximum Gasteiger partial charge on any atom is 0.253 e. The minimum absolute atomic E-state index is 0.158. The number of carbonyl (C=O) groups excluding carboxylic acids is 2. The molecule has 0 aliphatic carbocycles. The van der Waals surface area contributed by atoms with Gasteiger partial charge >= 0.3 is 0 Å². The Labute approximate surface area is 120 Å². The second-order valence-electron chi connectivity index (χ2n) is 4.89. The number of carbonyl (C=O) groups is 2. The highest BCUT2D eigenvalue weighted by Gasteiger charge is 2.12. The SMILES string of the molecule is CCCNC(=O)c1ccccc1NC(=O)CNC(C)C. The number of para-hydroxylation sites is 1. The molecule has 0 saturated heterocycles. The van der Waals surface area contributed by atoms with Gasteiger partial charge in [0.05, 0.1) is 17.8 Å². The van der Waals surface area contributed by atoms with Gasteiger partial charge in [0.2, 0.25) is 5.91 Å². The molecule has 1 rings (SSSR count). The Kier molecular flexibility index (Phi) is 6.73. The zero-order chi connectivity index (χ0) is 15.0. The van der Waals surface area contributed by atoms with E-state index in [1.807, 2.05) is 20.8 Å². The fourth-order valence-corrected chi connectivity index (χ4v) is 1.62. The Morgan fingerprint density at radius 2 is 1.90 bits per heavy atom. The highest BCUT2D eigenvalue weighted by Crippen LogP contribution is 2.14. The first-order valence-electron chi connectivity index (χ1n) is 6.95. The lowest BCUT2D eigenvalue weighted by atomic mass is 10.1. The third-order valence-electron chi connectivity index (χ3n) is 2.65. The first-order valence-corrected chi connectivity index (χ1v) is 6.95. The molecule has 1 aromatic carbocycles. The Bertz CT molecular complexity index is 458. The Morgan fingerprint density at radius 1 is 1.20 bits per heavy atom. The molecule has 0 saturated carbocycles. The topological polar surface area (TPSA) is 70.2 Å². The molecule has 0 atom stereocenters. The zero-order valence-corrected chi connectivity index (χ0v) is 12.3. The summed E-state index contributed by atoms with van der Waals surface area (Å²) in [5, 5.41) is 8.60. The molecule has 0 aliphatic rings. The van der Waals surface area contributed by atoms with Gasteiger partial charge in [-0.3, -0.25) is 9.59 Å². The Hall–Kier alpha value is -1.88. The average Bonchev–Trinajstić information content (AvgIpc) is 2.43. The van der Waals surface area contributed by atoms with Crippen LogP contribution in [0.1, 0.15) is 37.6 Å². The fraction of sp³-hybridized carbons (Fsp3) is 0.467. The van der Waals surface area contributed by atoms with Crippen LogP contribution >= 0.6 is 0 Å². The molecule has 0 aromatic heterocycles. The third kappa shape index (κ3) is 5.40. The summed E-state index contributed by atoms with van der Waals surface area (Å²) in [6.07, 6.45) is 0.874. The minimum Gasteiger partial charge on any atom is -0.352 e. The lowest BCUT2D eigenvalue weighted by molar-refractivity contribution is -0.115. The van der Waals surface area contributed by atoms with Crippen molar-refractivity contribution in [3.63, 3.8) is 0 Å². The molecule has 0 aliphatic heterocycles. The molecule has 0 bridgehead atoms.